The maximum absolute atomic E-state index is 17.0. The highest BCUT2D eigenvalue weighted by Crippen LogP contribution is 2.43. The molecule has 0 spiro atoms. The van der Waals surface area contributed by atoms with Crippen LogP contribution in [-0.2, 0) is 4.74 Å². The molecule has 0 N–H and O–H groups in total. The number of hydrogen-bond acceptors (Lipinski definition) is 8. The van der Waals surface area contributed by atoms with E-state index in [1.54, 1.807) is 19.4 Å². The van der Waals surface area contributed by atoms with Gasteiger partial charge in [0.25, 0.3) is 0 Å². The number of pyridine rings is 1. The highest BCUT2D eigenvalue weighted by Gasteiger charge is 2.49. The molecule has 4 fully saturated rings. The minimum absolute atomic E-state index is 0.0323. The Labute approximate surface area is 267 Å². The molecule has 2 aromatic heterocycles. The fourth-order valence-electron chi connectivity index (χ4n) is 8.46. The van der Waals surface area contributed by atoms with E-state index >= 15 is 4.39 Å². The second kappa shape index (κ2) is 11.6. The van der Waals surface area contributed by atoms with E-state index in [9.17, 15) is 4.39 Å². The van der Waals surface area contributed by atoms with Gasteiger partial charge in [0, 0.05) is 55.9 Å². The van der Waals surface area contributed by atoms with Crippen LogP contribution >= 0.6 is 0 Å². The highest BCUT2D eigenvalue weighted by molar-refractivity contribution is 6.02. The zero-order valence-electron chi connectivity index (χ0n) is 26.0. The Morgan fingerprint density at radius 2 is 1.96 bits per heavy atom. The number of fused-ring (bicyclic) bond motifs is 5. The predicted octanol–water partition coefficient (Wildman–Crippen LogP) is 6.14. The molecule has 238 valence electrons. The highest BCUT2D eigenvalue weighted by atomic mass is 19.1. The van der Waals surface area contributed by atoms with Gasteiger partial charge < -0.3 is 19.1 Å². The van der Waals surface area contributed by atoms with Gasteiger partial charge in [0.1, 0.15) is 35.6 Å². The molecule has 2 aromatic carbocycles. The van der Waals surface area contributed by atoms with Crippen LogP contribution in [0.25, 0.3) is 32.9 Å². The summed E-state index contributed by atoms with van der Waals surface area (Å²) < 4.78 is 48.7. The first-order chi connectivity index (χ1) is 22.4. The Kier molecular flexibility index (Phi) is 7.41. The van der Waals surface area contributed by atoms with E-state index in [0.717, 1.165) is 37.9 Å². The van der Waals surface area contributed by atoms with Crippen LogP contribution in [0.4, 0.5) is 14.6 Å². The summed E-state index contributed by atoms with van der Waals surface area (Å²) in [6, 6.07) is 9.29. The monoisotopic (exact) mass is 625 g/mol. The number of terminal acetylenes is 1. The topological polar surface area (TPSA) is 72.8 Å². The number of alkyl halides is 1. The van der Waals surface area contributed by atoms with Gasteiger partial charge >= 0.3 is 6.01 Å². The largest absolute Gasteiger partial charge is 0.468 e. The van der Waals surface area contributed by atoms with E-state index < -0.39 is 12.0 Å². The average molecular weight is 626 g/mol. The Morgan fingerprint density at radius 3 is 2.76 bits per heavy atom. The van der Waals surface area contributed by atoms with Gasteiger partial charge in [-0.2, -0.15) is 9.97 Å². The van der Waals surface area contributed by atoms with Gasteiger partial charge in [-0.3, -0.25) is 9.88 Å². The van der Waals surface area contributed by atoms with Crippen molar-refractivity contribution in [2.45, 2.75) is 50.2 Å². The summed E-state index contributed by atoms with van der Waals surface area (Å²) in [6.07, 6.45) is 12.6. The zero-order chi connectivity index (χ0) is 31.4. The minimum atomic E-state index is -0.877. The van der Waals surface area contributed by atoms with E-state index in [1.165, 1.54) is 19.3 Å². The van der Waals surface area contributed by atoms with Gasteiger partial charge in [-0.1, -0.05) is 18.1 Å². The lowest BCUT2D eigenvalue weighted by Gasteiger charge is -2.34. The molecule has 0 amide bonds. The smallest absolute Gasteiger partial charge is 0.319 e. The van der Waals surface area contributed by atoms with Crippen LogP contribution in [0, 0.1) is 30.0 Å². The number of halogens is 2. The number of benzene rings is 2. The molecule has 8 nitrogen and oxygen atoms in total. The van der Waals surface area contributed by atoms with E-state index in [0.29, 0.717) is 58.3 Å². The maximum Gasteiger partial charge on any atom is 0.319 e. The standard InChI is InChI=1S/C36H37F2N5O3/c1-3-24-6-4-7-25-13-27(46-21-44-2)14-28(30(24)25)32-31(38)33-29(16-39-32)34(42-17-22-8-9-23(12-22)18-42)41-35(40-33)45-20-36-10-5-11-43(36)19-26(37)15-36/h1,4,6-7,13-14,16,22-23,26H,5,8-12,15,17-21H2,2H3/t22?,23?,26-,36+/m1/s1. The summed E-state index contributed by atoms with van der Waals surface area (Å²) in [5.41, 5.74) is 0.973. The first kappa shape index (κ1) is 29.3. The van der Waals surface area contributed by atoms with Crippen molar-refractivity contribution in [2.24, 2.45) is 11.8 Å². The summed E-state index contributed by atoms with van der Waals surface area (Å²) in [6.45, 7) is 3.27. The summed E-state index contributed by atoms with van der Waals surface area (Å²) in [7, 11) is 1.54. The van der Waals surface area contributed by atoms with Crippen LogP contribution in [-0.4, -0.2) is 78.3 Å². The van der Waals surface area contributed by atoms with E-state index in [4.69, 9.17) is 30.6 Å². The average Bonchev–Trinajstić information content (AvgIpc) is 3.72. The molecule has 3 saturated heterocycles. The van der Waals surface area contributed by atoms with E-state index in [1.807, 2.05) is 24.3 Å². The first-order valence-electron chi connectivity index (χ1n) is 16.2. The molecule has 2 unspecified atom stereocenters. The van der Waals surface area contributed by atoms with Crippen LogP contribution in [0.5, 0.6) is 11.8 Å². The third-order valence-electron chi connectivity index (χ3n) is 10.5. The molecule has 2 bridgehead atoms. The fraction of sp³-hybridized carbons (Fsp3) is 0.472. The molecule has 4 atom stereocenters. The number of aromatic nitrogens is 3. The van der Waals surface area contributed by atoms with Crippen LogP contribution in [0.1, 0.15) is 44.1 Å². The first-order valence-corrected chi connectivity index (χ1v) is 16.2. The fourth-order valence-corrected chi connectivity index (χ4v) is 8.46. The summed E-state index contributed by atoms with van der Waals surface area (Å²) in [5.74, 6) is 4.45. The zero-order valence-corrected chi connectivity index (χ0v) is 26.0. The van der Waals surface area contributed by atoms with Crippen LogP contribution in [0.2, 0.25) is 0 Å². The van der Waals surface area contributed by atoms with Crippen LogP contribution < -0.4 is 14.4 Å². The van der Waals surface area contributed by atoms with E-state index in [2.05, 4.69) is 20.7 Å². The maximum atomic E-state index is 17.0. The molecule has 3 aliphatic heterocycles. The Morgan fingerprint density at radius 1 is 1.11 bits per heavy atom. The molecular formula is C36H37F2N5O3. The van der Waals surface area contributed by atoms with Gasteiger partial charge in [0.2, 0.25) is 0 Å². The van der Waals surface area contributed by atoms with Crippen molar-refractivity contribution < 1.29 is 23.0 Å². The second-order valence-electron chi connectivity index (χ2n) is 13.4. The molecule has 1 saturated carbocycles. The van der Waals surface area contributed by atoms with Crippen molar-refractivity contribution in [2.75, 3.05) is 51.6 Å². The van der Waals surface area contributed by atoms with Gasteiger partial charge in [-0.15, -0.1) is 6.42 Å². The van der Waals surface area contributed by atoms with Crippen molar-refractivity contribution in [3.05, 3.63) is 47.9 Å². The molecule has 10 heteroatoms. The normalized spacial score (nSPS) is 25.7. The lowest BCUT2D eigenvalue weighted by atomic mass is 9.95. The molecule has 0 radical (unpaired) electrons. The number of methoxy groups -OCH3 is 1. The van der Waals surface area contributed by atoms with Crippen molar-refractivity contribution in [1.29, 1.82) is 0 Å². The molecule has 46 heavy (non-hydrogen) atoms. The third kappa shape index (κ3) is 5.01. The van der Waals surface area contributed by atoms with Gasteiger partial charge in [0.15, 0.2) is 12.6 Å². The molecular weight excluding hydrogens is 588 g/mol. The number of anilines is 1. The SMILES string of the molecule is C#Cc1cccc2cc(OCOC)cc(-c3ncc4c(N5CC6CCC(C6)C5)nc(OC[C@@]56CCCN5C[C@H](F)C6)nc4c3F)c12. The molecule has 4 aliphatic rings. The molecule has 5 heterocycles. The number of hydrogen-bond donors (Lipinski definition) is 0. The van der Waals surface area contributed by atoms with Crippen molar-refractivity contribution in [3.8, 4) is 35.4 Å². The minimum Gasteiger partial charge on any atom is -0.468 e. The summed E-state index contributed by atoms with van der Waals surface area (Å²) in [5, 5.41) is 2.02. The van der Waals surface area contributed by atoms with Crippen LogP contribution in [0.15, 0.2) is 36.5 Å². The number of ether oxygens (including phenoxy) is 3. The quantitative estimate of drug-likeness (QED) is 0.171. The van der Waals surface area contributed by atoms with Crippen molar-refractivity contribution >= 4 is 27.5 Å². The van der Waals surface area contributed by atoms with Gasteiger partial charge in [0.05, 0.1) is 10.9 Å². The Balaban J connectivity index is 1.26. The van der Waals surface area contributed by atoms with Crippen molar-refractivity contribution in [3.63, 3.8) is 0 Å². The summed E-state index contributed by atoms with van der Waals surface area (Å²) >= 11 is 0. The predicted molar refractivity (Wildman–Crippen MR) is 172 cm³/mol. The van der Waals surface area contributed by atoms with Crippen LogP contribution in [0.3, 0.4) is 0 Å². The lowest BCUT2D eigenvalue weighted by molar-refractivity contribution is 0.0512. The lowest BCUT2D eigenvalue weighted by Crippen LogP contribution is -2.43. The second-order valence-corrected chi connectivity index (χ2v) is 13.4. The Hall–Kier alpha value is -4.07. The number of rotatable bonds is 8. The number of piperidine rings is 1. The van der Waals surface area contributed by atoms with Gasteiger partial charge in [-0.05, 0) is 74.1 Å². The molecule has 1 aliphatic carbocycles. The van der Waals surface area contributed by atoms with E-state index in [-0.39, 0.29) is 36.2 Å². The molecule has 8 rings (SSSR count). The third-order valence-corrected chi connectivity index (χ3v) is 10.5. The molecule has 4 aromatic rings. The Bertz CT molecular complexity index is 1850. The van der Waals surface area contributed by atoms with Crippen molar-refractivity contribution in [1.82, 2.24) is 19.9 Å². The van der Waals surface area contributed by atoms with Gasteiger partial charge in [-0.25, -0.2) is 8.78 Å². The number of nitrogens with zero attached hydrogens (tertiary/aromatic N) is 5. The summed E-state index contributed by atoms with van der Waals surface area (Å²) in [4.78, 5) is 18.7.